The van der Waals surface area contributed by atoms with E-state index in [1.165, 1.54) is 23.1 Å². The van der Waals surface area contributed by atoms with Crippen LogP contribution in [0.2, 0.25) is 10.0 Å². The average Bonchev–Trinajstić information content (AvgIpc) is 2.51. The highest BCUT2D eigenvalue weighted by Gasteiger charge is 2.35. The number of ether oxygens (including phenoxy) is 1. The Morgan fingerprint density at radius 3 is 2.74 bits per heavy atom. The number of carbonyl (C=O) groups is 3. The molecule has 6 nitrogen and oxygen atoms in total. The van der Waals surface area contributed by atoms with E-state index in [1.54, 1.807) is 6.92 Å². The van der Waals surface area contributed by atoms with Gasteiger partial charge < -0.3 is 15.0 Å². The first-order chi connectivity index (χ1) is 10.9. The SMILES string of the molecule is CCOC(=O)C[C@@H]1C(=O)NCCN1C(=O)c1ccc(Cl)c(Cl)c1. The predicted molar refractivity (Wildman–Crippen MR) is 85.5 cm³/mol. The summed E-state index contributed by atoms with van der Waals surface area (Å²) in [7, 11) is 0. The maximum absolute atomic E-state index is 12.7. The van der Waals surface area contributed by atoms with E-state index in [1.807, 2.05) is 0 Å². The lowest BCUT2D eigenvalue weighted by Crippen LogP contribution is -2.57. The topological polar surface area (TPSA) is 75.7 Å². The van der Waals surface area contributed by atoms with Gasteiger partial charge in [-0.05, 0) is 25.1 Å². The predicted octanol–water partition coefficient (Wildman–Crippen LogP) is 1.89. The van der Waals surface area contributed by atoms with Gasteiger partial charge in [0.25, 0.3) is 5.91 Å². The van der Waals surface area contributed by atoms with E-state index in [0.717, 1.165) is 0 Å². The Balaban J connectivity index is 2.22. The fourth-order valence-corrected chi connectivity index (χ4v) is 2.63. The Morgan fingerprint density at radius 2 is 2.09 bits per heavy atom. The summed E-state index contributed by atoms with van der Waals surface area (Å²) in [5.74, 6) is -1.29. The molecule has 0 spiro atoms. The zero-order valence-corrected chi connectivity index (χ0v) is 14.0. The van der Waals surface area contributed by atoms with Gasteiger partial charge >= 0.3 is 5.97 Å². The zero-order chi connectivity index (χ0) is 17.0. The summed E-state index contributed by atoms with van der Waals surface area (Å²) in [6.07, 6.45) is -0.188. The molecule has 23 heavy (non-hydrogen) atoms. The highest BCUT2D eigenvalue weighted by molar-refractivity contribution is 6.42. The van der Waals surface area contributed by atoms with E-state index in [0.29, 0.717) is 23.7 Å². The van der Waals surface area contributed by atoms with Gasteiger partial charge in [-0.15, -0.1) is 0 Å². The van der Waals surface area contributed by atoms with Crippen LogP contribution in [0.1, 0.15) is 23.7 Å². The monoisotopic (exact) mass is 358 g/mol. The fraction of sp³-hybridized carbons (Fsp3) is 0.400. The summed E-state index contributed by atoms with van der Waals surface area (Å²) in [6.45, 7) is 2.52. The first-order valence-corrected chi connectivity index (χ1v) is 7.89. The number of nitrogens with one attached hydrogen (secondary N) is 1. The summed E-state index contributed by atoms with van der Waals surface area (Å²) in [5.41, 5.74) is 0.308. The third-order valence-corrected chi connectivity index (χ3v) is 4.16. The van der Waals surface area contributed by atoms with Gasteiger partial charge in [0.2, 0.25) is 5.91 Å². The van der Waals surface area contributed by atoms with Crippen LogP contribution in [0.25, 0.3) is 0 Å². The van der Waals surface area contributed by atoms with E-state index in [-0.39, 0.29) is 29.9 Å². The molecule has 2 amide bonds. The molecule has 1 aromatic rings. The molecule has 0 bridgehead atoms. The first-order valence-electron chi connectivity index (χ1n) is 7.13. The normalized spacial score (nSPS) is 17.6. The highest BCUT2D eigenvalue weighted by atomic mass is 35.5. The van der Waals surface area contributed by atoms with Crippen molar-refractivity contribution in [1.82, 2.24) is 10.2 Å². The molecule has 0 radical (unpaired) electrons. The minimum absolute atomic E-state index is 0.188. The molecule has 0 saturated carbocycles. The maximum Gasteiger partial charge on any atom is 0.308 e. The second kappa shape index (κ2) is 7.66. The molecule has 124 valence electrons. The van der Waals surface area contributed by atoms with Crippen LogP contribution in [-0.4, -0.2) is 48.4 Å². The molecule has 1 fully saturated rings. The molecule has 2 rings (SSSR count). The van der Waals surface area contributed by atoms with Crippen molar-refractivity contribution in [1.29, 1.82) is 0 Å². The highest BCUT2D eigenvalue weighted by Crippen LogP contribution is 2.24. The molecule has 1 aliphatic heterocycles. The quantitative estimate of drug-likeness (QED) is 0.833. The van der Waals surface area contributed by atoms with Gasteiger partial charge in [-0.2, -0.15) is 0 Å². The van der Waals surface area contributed by atoms with Gasteiger partial charge in [0.05, 0.1) is 23.1 Å². The van der Waals surface area contributed by atoms with Gasteiger partial charge in [0.15, 0.2) is 0 Å². The van der Waals surface area contributed by atoms with Gasteiger partial charge in [0, 0.05) is 18.7 Å². The van der Waals surface area contributed by atoms with Crippen molar-refractivity contribution >= 4 is 41.0 Å². The summed E-state index contributed by atoms with van der Waals surface area (Å²) >= 11 is 11.8. The average molecular weight is 359 g/mol. The number of halogens is 2. The fourth-order valence-electron chi connectivity index (χ4n) is 2.33. The van der Waals surface area contributed by atoms with Crippen LogP contribution in [0.15, 0.2) is 18.2 Å². The van der Waals surface area contributed by atoms with Crippen LogP contribution in [0, 0.1) is 0 Å². The van der Waals surface area contributed by atoms with Crippen LogP contribution in [0.3, 0.4) is 0 Å². The van der Waals surface area contributed by atoms with E-state index in [4.69, 9.17) is 27.9 Å². The van der Waals surface area contributed by atoms with Gasteiger partial charge in [-0.1, -0.05) is 23.2 Å². The molecule has 1 heterocycles. The number of rotatable bonds is 4. The zero-order valence-electron chi connectivity index (χ0n) is 12.5. The Morgan fingerprint density at radius 1 is 1.35 bits per heavy atom. The molecular weight excluding hydrogens is 343 g/mol. The van der Waals surface area contributed by atoms with Crippen LogP contribution in [0.4, 0.5) is 0 Å². The number of benzene rings is 1. The number of piperazine rings is 1. The van der Waals surface area contributed by atoms with Crippen molar-refractivity contribution < 1.29 is 19.1 Å². The Bertz CT molecular complexity index is 636. The molecule has 1 N–H and O–H groups in total. The molecule has 0 unspecified atom stereocenters. The van der Waals surface area contributed by atoms with Crippen LogP contribution >= 0.6 is 23.2 Å². The number of esters is 1. The lowest BCUT2D eigenvalue weighted by molar-refractivity contribution is -0.147. The van der Waals surface area contributed by atoms with Crippen molar-refractivity contribution in [2.24, 2.45) is 0 Å². The van der Waals surface area contributed by atoms with E-state index in [2.05, 4.69) is 5.32 Å². The van der Waals surface area contributed by atoms with Crippen LogP contribution < -0.4 is 5.32 Å². The largest absolute Gasteiger partial charge is 0.466 e. The number of hydrogen-bond donors (Lipinski definition) is 1. The molecule has 1 saturated heterocycles. The van der Waals surface area contributed by atoms with Crippen LogP contribution in [0.5, 0.6) is 0 Å². The molecule has 0 aromatic heterocycles. The number of amides is 2. The van der Waals surface area contributed by atoms with E-state index >= 15 is 0 Å². The van der Waals surface area contributed by atoms with Crippen molar-refractivity contribution in [2.45, 2.75) is 19.4 Å². The lowest BCUT2D eigenvalue weighted by atomic mass is 10.1. The third kappa shape index (κ3) is 4.14. The molecule has 1 aromatic carbocycles. The van der Waals surface area contributed by atoms with Gasteiger partial charge in [0.1, 0.15) is 6.04 Å². The summed E-state index contributed by atoms with van der Waals surface area (Å²) in [4.78, 5) is 37.7. The smallest absolute Gasteiger partial charge is 0.308 e. The minimum Gasteiger partial charge on any atom is -0.466 e. The number of nitrogens with zero attached hydrogens (tertiary/aromatic N) is 1. The van der Waals surface area contributed by atoms with E-state index in [9.17, 15) is 14.4 Å². The van der Waals surface area contributed by atoms with Gasteiger partial charge in [-0.25, -0.2) is 0 Å². The standard InChI is InChI=1S/C15H16Cl2N2O4/c1-2-23-13(20)8-12-14(21)18-5-6-19(12)15(22)9-3-4-10(16)11(17)7-9/h3-4,7,12H,2,5-6,8H2,1H3,(H,18,21)/t12-/m1/s1. The third-order valence-electron chi connectivity index (χ3n) is 3.42. The molecular formula is C15H16Cl2N2O4. The molecule has 1 aliphatic rings. The Hall–Kier alpha value is -1.79. The number of hydrogen-bond acceptors (Lipinski definition) is 4. The molecule has 0 aliphatic carbocycles. The second-order valence-electron chi connectivity index (χ2n) is 4.94. The summed E-state index contributed by atoms with van der Waals surface area (Å²) in [5, 5.41) is 3.24. The second-order valence-corrected chi connectivity index (χ2v) is 5.76. The summed E-state index contributed by atoms with van der Waals surface area (Å²) < 4.78 is 4.87. The van der Waals surface area contributed by atoms with Gasteiger partial charge in [-0.3, -0.25) is 14.4 Å². The maximum atomic E-state index is 12.7. The Labute approximate surface area is 143 Å². The van der Waals surface area contributed by atoms with Crippen molar-refractivity contribution in [3.8, 4) is 0 Å². The Kier molecular flexibility index (Phi) is 5.85. The van der Waals surface area contributed by atoms with Crippen molar-refractivity contribution in [3.63, 3.8) is 0 Å². The lowest BCUT2D eigenvalue weighted by Gasteiger charge is -2.34. The molecule has 8 heteroatoms. The summed E-state index contributed by atoms with van der Waals surface area (Å²) in [6, 6.07) is 3.59. The number of carbonyl (C=O) groups excluding carboxylic acids is 3. The first kappa shape index (κ1) is 17.6. The van der Waals surface area contributed by atoms with E-state index < -0.39 is 12.0 Å². The molecule has 1 atom stereocenters. The van der Waals surface area contributed by atoms with Crippen molar-refractivity contribution in [3.05, 3.63) is 33.8 Å². The van der Waals surface area contributed by atoms with Crippen LogP contribution in [-0.2, 0) is 14.3 Å². The minimum atomic E-state index is -0.898. The van der Waals surface area contributed by atoms with Crippen molar-refractivity contribution in [2.75, 3.05) is 19.7 Å².